The Bertz CT molecular complexity index is 999. The number of benzene rings is 1. The van der Waals surface area contributed by atoms with Crippen LogP contribution in [-0.2, 0) is 17.5 Å². The van der Waals surface area contributed by atoms with E-state index in [-0.39, 0.29) is 11.3 Å². The molecule has 32 heavy (non-hydrogen) atoms. The molecule has 0 unspecified atom stereocenters. The van der Waals surface area contributed by atoms with Gasteiger partial charge in [0.1, 0.15) is 0 Å². The number of aromatic nitrogens is 2. The van der Waals surface area contributed by atoms with E-state index in [1.165, 1.54) is 23.8 Å². The van der Waals surface area contributed by atoms with Crippen molar-refractivity contribution >= 4 is 16.9 Å². The predicted octanol–water partition coefficient (Wildman–Crippen LogP) is 5.51. The van der Waals surface area contributed by atoms with E-state index >= 15 is 0 Å². The van der Waals surface area contributed by atoms with Crippen LogP contribution in [-0.4, -0.2) is 33.4 Å². The van der Waals surface area contributed by atoms with Gasteiger partial charge < -0.3 is 9.47 Å². The van der Waals surface area contributed by atoms with Crippen molar-refractivity contribution in [2.45, 2.75) is 64.1 Å². The second kappa shape index (κ2) is 7.22. The molecule has 4 aliphatic carbocycles. The van der Waals surface area contributed by atoms with Gasteiger partial charge in [0.05, 0.1) is 16.4 Å². The summed E-state index contributed by atoms with van der Waals surface area (Å²) in [5.41, 5.74) is 0.784. The Labute approximate surface area is 186 Å². The summed E-state index contributed by atoms with van der Waals surface area (Å²) >= 11 is 0. The molecule has 1 aliphatic heterocycles. The van der Waals surface area contributed by atoms with Gasteiger partial charge in [0.2, 0.25) is 11.7 Å². The first kappa shape index (κ1) is 20.5. The number of carbonyl (C=O) groups excluding carboxylic acids is 1. The molecule has 5 aliphatic rings. The normalized spacial score (nSPS) is 32.7. The molecule has 1 aromatic carbocycles. The van der Waals surface area contributed by atoms with Gasteiger partial charge in [-0.1, -0.05) is 12.1 Å². The summed E-state index contributed by atoms with van der Waals surface area (Å²) in [6.07, 6.45) is 4.16. The van der Waals surface area contributed by atoms with E-state index in [4.69, 9.17) is 0 Å². The third kappa shape index (κ3) is 3.34. The zero-order valence-corrected chi connectivity index (χ0v) is 18.3. The van der Waals surface area contributed by atoms with Gasteiger partial charge in [-0.3, -0.25) is 4.79 Å². The predicted molar refractivity (Wildman–Crippen MR) is 115 cm³/mol. The molecule has 2 aromatic rings. The van der Waals surface area contributed by atoms with Crippen LogP contribution in [0.2, 0.25) is 0 Å². The lowest BCUT2D eigenvalue weighted by Gasteiger charge is -2.57. The average Bonchev–Trinajstić information content (AvgIpc) is 3.12. The highest BCUT2D eigenvalue weighted by atomic mass is 19.4. The molecule has 0 N–H and O–H groups in total. The molecule has 1 amide bonds. The number of piperidine rings is 1. The third-order valence-electron chi connectivity index (χ3n) is 8.74. The zero-order valence-electron chi connectivity index (χ0n) is 18.3. The van der Waals surface area contributed by atoms with Crippen molar-refractivity contribution in [2.75, 3.05) is 13.1 Å². The molecule has 1 aromatic heterocycles. The maximum absolute atomic E-state index is 13.6. The maximum atomic E-state index is 13.6. The van der Waals surface area contributed by atoms with E-state index in [1.807, 2.05) is 4.90 Å². The molecule has 172 valence electrons. The Balaban J connectivity index is 1.16. The number of likely N-dealkylation sites (tertiary alicyclic amines) is 1. The number of para-hydroxylation sites is 2. The van der Waals surface area contributed by atoms with E-state index in [0.717, 1.165) is 49.9 Å². The summed E-state index contributed by atoms with van der Waals surface area (Å²) in [4.78, 5) is 19.5. The van der Waals surface area contributed by atoms with Gasteiger partial charge in [0.25, 0.3) is 0 Å². The van der Waals surface area contributed by atoms with Crippen molar-refractivity contribution in [1.82, 2.24) is 14.5 Å². The molecule has 7 rings (SSSR count). The Morgan fingerprint density at radius 1 is 1.00 bits per heavy atom. The van der Waals surface area contributed by atoms with Gasteiger partial charge in [0, 0.05) is 19.6 Å². The SMILES string of the molecule is O=C(N1CCC(Cn2c(C(F)(F)F)nc3ccccc32)CC1)C12CC3CC(CC(C3)C1)C2. The van der Waals surface area contributed by atoms with Crippen molar-refractivity contribution in [2.24, 2.45) is 29.1 Å². The molecule has 0 spiro atoms. The molecule has 4 bridgehead atoms. The highest BCUT2D eigenvalue weighted by Gasteiger charge is 2.55. The molecular formula is C25H30F3N3O. The van der Waals surface area contributed by atoms with Gasteiger partial charge in [-0.15, -0.1) is 0 Å². The van der Waals surface area contributed by atoms with Crippen LogP contribution in [0.25, 0.3) is 11.0 Å². The highest BCUT2D eigenvalue weighted by molar-refractivity contribution is 5.83. The fourth-order valence-electron chi connectivity index (χ4n) is 7.76. The third-order valence-corrected chi connectivity index (χ3v) is 8.74. The van der Waals surface area contributed by atoms with Crippen molar-refractivity contribution < 1.29 is 18.0 Å². The smallest absolute Gasteiger partial charge is 0.342 e. The van der Waals surface area contributed by atoms with Gasteiger partial charge in [-0.25, -0.2) is 4.98 Å². The number of hydrogen-bond acceptors (Lipinski definition) is 2. The number of rotatable bonds is 3. The quantitative estimate of drug-likeness (QED) is 0.625. The molecule has 4 nitrogen and oxygen atoms in total. The van der Waals surface area contributed by atoms with Crippen molar-refractivity contribution in [3.8, 4) is 0 Å². The molecule has 7 heteroatoms. The second-order valence-electron chi connectivity index (χ2n) is 11.0. The largest absolute Gasteiger partial charge is 0.449 e. The van der Waals surface area contributed by atoms with E-state index in [1.54, 1.807) is 24.3 Å². The number of amides is 1. The lowest BCUT2D eigenvalue weighted by Crippen LogP contribution is -2.55. The van der Waals surface area contributed by atoms with Crippen LogP contribution in [0, 0.1) is 29.1 Å². The van der Waals surface area contributed by atoms with Crippen molar-refractivity contribution in [1.29, 1.82) is 0 Å². The van der Waals surface area contributed by atoms with Gasteiger partial charge in [0.15, 0.2) is 0 Å². The number of carbonyl (C=O) groups is 1. The highest BCUT2D eigenvalue weighted by Crippen LogP contribution is 2.60. The molecule has 5 fully saturated rings. The van der Waals surface area contributed by atoms with Crippen LogP contribution in [0.15, 0.2) is 24.3 Å². The number of imidazole rings is 1. The lowest BCUT2D eigenvalue weighted by molar-refractivity contribution is -0.159. The fraction of sp³-hybridized carbons (Fsp3) is 0.680. The first-order valence-corrected chi connectivity index (χ1v) is 12.1. The summed E-state index contributed by atoms with van der Waals surface area (Å²) in [6, 6.07) is 6.82. The Kier molecular flexibility index (Phi) is 4.64. The Hall–Kier alpha value is -2.05. The Morgan fingerprint density at radius 2 is 1.59 bits per heavy atom. The number of alkyl halides is 3. The molecule has 0 atom stereocenters. The first-order valence-electron chi connectivity index (χ1n) is 12.1. The van der Waals surface area contributed by atoms with E-state index < -0.39 is 12.0 Å². The number of halogens is 3. The number of hydrogen-bond donors (Lipinski definition) is 0. The van der Waals surface area contributed by atoms with Crippen LogP contribution >= 0.6 is 0 Å². The standard InChI is InChI=1S/C25H30F3N3O/c26-25(27,28)22-29-20-3-1-2-4-21(20)31(22)15-16-5-7-30(8-6-16)23(32)24-12-17-9-18(13-24)11-19(10-17)14-24/h1-4,16-19H,5-15H2. The van der Waals surface area contributed by atoms with E-state index in [2.05, 4.69) is 4.98 Å². The van der Waals surface area contributed by atoms with Crippen LogP contribution in [0.4, 0.5) is 13.2 Å². The number of fused-ring (bicyclic) bond motifs is 1. The average molecular weight is 446 g/mol. The monoisotopic (exact) mass is 445 g/mol. The summed E-state index contributed by atoms with van der Waals surface area (Å²) in [7, 11) is 0. The maximum Gasteiger partial charge on any atom is 0.449 e. The molecule has 2 heterocycles. The first-order chi connectivity index (χ1) is 15.3. The van der Waals surface area contributed by atoms with Crippen LogP contribution in [0.1, 0.15) is 57.2 Å². The van der Waals surface area contributed by atoms with Gasteiger partial charge >= 0.3 is 6.18 Å². The van der Waals surface area contributed by atoms with Crippen LogP contribution in [0.5, 0.6) is 0 Å². The second-order valence-corrected chi connectivity index (χ2v) is 11.0. The topological polar surface area (TPSA) is 38.1 Å². The minimum atomic E-state index is -4.48. The number of nitrogens with zero attached hydrogens (tertiary/aromatic N) is 3. The lowest BCUT2D eigenvalue weighted by atomic mass is 9.49. The summed E-state index contributed by atoms with van der Waals surface area (Å²) in [5, 5.41) is 0. The molecular weight excluding hydrogens is 415 g/mol. The van der Waals surface area contributed by atoms with Crippen molar-refractivity contribution in [3.05, 3.63) is 30.1 Å². The van der Waals surface area contributed by atoms with Gasteiger partial charge in [-0.05, 0) is 87.2 Å². The summed E-state index contributed by atoms with van der Waals surface area (Å²) in [6.45, 7) is 1.63. The molecule has 4 saturated carbocycles. The van der Waals surface area contributed by atoms with E-state index in [9.17, 15) is 18.0 Å². The summed E-state index contributed by atoms with van der Waals surface area (Å²) < 4.78 is 42.2. The van der Waals surface area contributed by atoms with Crippen LogP contribution in [0.3, 0.4) is 0 Å². The molecule has 1 saturated heterocycles. The fourth-order valence-corrected chi connectivity index (χ4v) is 7.76. The summed E-state index contributed by atoms with van der Waals surface area (Å²) in [5.74, 6) is 1.85. The molecule has 0 radical (unpaired) electrons. The van der Waals surface area contributed by atoms with E-state index in [0.29, 0.717) is 36.6 Å². The zero-order chi connectivity index (χ0) is 22.1. The Morgan fingerprint density at radius 3 is 2.19 bits per heavy atom. The minimum absolute atomic E-state index is 0.120. The van der Waals surface area contributed by atoms with Gasteiger partial charge in [-0.2, -0.15) is 13.2 Å². The van der Waals surface area contributed by atoms with Crippen LogP contribution < -0.4 is 0 Å². The van der Waals surface area contributed by atoms with Crippen molar-refractivity contribution in [3.63, 3.8) is 0 Å². The minimum Gasteiger partial charge on any atom is -0.342 e.